The Morgan fingerprint density at radius 3 is 1.73 bits per heavy atom. The Bertz CT molecular complexity index is 561. The summed E-state index contributed by atoms with van der Waals surface area (Å²) in [6, 6.07) is 5.63. The summed E-state index contributed by atoms with van der Waals surface area (Å²) in [4.78, 5) is 40.1. The molecule has 8 heteroatoms. The van der Waals surface area contributed by atoms with Gasteiger partial charge in [-0.25, -0.2) is 0 Å². The van der Waals surface area contributed by atoms with E-state index in [2.05, 4.69) is 0 Å². The molecule has 0 heterocycles. The van der Waals surface area contributed by atoms with Gasteiger partial charge in [0.2, 0.25) is 0 Å². The molecule has 0 fully saturated rings. The van der Waals surface area contributed by atoms with Crippen molar-refractivity contribution >= 4 is 41.4 Å². The van der Waals surface area contributed by atoms with Crippen molar-refractivity contribution in [2.24, 2.45) is 0 Å². The summed E-state index contributed by atoms with van der Waals surface area (Å²) in [7, 11) is -4.04. The van der Waals surface area contributed by atoms with Gasteiger partial charge in [-0.15, -0.1) is 0 Å². The molecule has 0 saturated carbocycles. The van der Waals surface area contributed by atoms with E-state index in [0.717, 1.165) is 16.7 Å². The molecule has 1 rings (SSSR count). The van der Waals surface area contributed by atoms with Crippen LogP contribution in [0.5, 0.6) is 0 Å². The molecule has 0 radical (unpaired) electrons. The number of carbonyl (C=O) groups is 2. The molecular weight excluding hydrogens is 343 g/mol. The number of hydrogen-bond acceptors (Lipinski definition) is 5. The normalized spacial score (nSPS) is 11.5. The molecule has 22 heavy (non-hydrogen) atoms. The molecule has 0 aromatic heterocycles. The van der Waals surface area contributed by atoms with E-state index < -0.39 is 7.60 Å². The van der Waals surface area contributed by atoms with Gasteiger partial charge >= 0.3 is 7.60 Å². The minimum absolute atomic E-state index is 0.0141. The number of thioether (sulfide) groups is 2. The fourth-order valence-electron chi connectivity index (χ4n) is 1.80. The highest BCUT2D eigenvalue weighted by molar-refractivity contribution is 8.13. The summed E-state index contributed by atoms with van der Waals surface area (Å²) in [6.45, 7) is 2.99. The van der Waals surface area contributed by atoms with E-state index in [-0.39, 0.29) is 22.8 Å². The monoisotopic (exact) mass is 362 g/mol. The lowest BCUT2D eigenvalue weighted by Crippen LogP contribution is -1.98. The summed E-state index contributed by atoms with van der Waals surface area (Å²) in [5.74, 6) is 1.02. The maximum atomic E-state index is 11.1. The van der Waals surface area contributed by atoms with E-state index in [1.165, 1.54) is 37.4 Å². The van der Waals surface area contributed by atoms with E-state index in [0.29, 0.717) is 11.5 Å². The SMILES string of the molecule is CC(=O)SCc1cc(CCP(=O)(O)O)cc(CSC(C)=O)c1. The van der Waals surface area contributed by atoms with Crippen molar-refractivity contribution in [1.29, 1.82) is 0 Å². The minimum Gasteiger partial charge on any atom is -0.324 e. The van der Waals surface area contributed by atoms with Gasteiger partial charge in [-0.05, 0) is 23.1 Å². The third kappa shape index (κ3) is 8.76. The van der Waals surface area contributed by atoms with Gasteiger partial charge in [0, 0.05) is 25.4 Å². The van der Waals surface area contributed by atoms with Crippen molar-refractivity contribution < 1.29 is 23.9 Å². The molecular formula is C14H19O5PS2. The molecule has 0 unspecified atom stereocenters. The topological polar surface area (TPSA) is 91.7 Å². The van der Waals surface area contributed by atoms with Crippen molar-refractivity contribution in [2.45, 2.75) is 31.8 Å². The Labute approximate surface area is 138 Å². The fraction of sp³-hybridized carbons (Fsp3) is 0.429. The predicted octanol–water partition coefficient (Wildman–Crippen LogP) is 2.97. The lowest BCUT2D eigenvalue weighted by molar-refractivity contribution is -0.109. The lowest BCUT2D eigenvalue weighted by atomic mass is 10.1. The van der Waals surface area contributed by atoms with Gasteiger partial charge in [0.15, 0.2) is 10.2 Å². The first-order valence-corrected chi connectivity index (χ1v) is 10.4. The third-order valence-electron chi connectivity index (χ3n) is 2.69. The molecule has 2 N–H and O–H groups in total. The average Bonchev–Trinajstić information content (AvgIpc) is 2.40. The number of benzene rings is 1. The first-order chi connectivity index (χ1) is 10.2. The quantitative estimate of drug-likeness (QED) is 0.721. The maximum absolute atomic E-state index is 11.1. The number of aryl methyl sites for hydroxylation is 1. The van der Waals surface area contributed by atoms with Crippen molar-refractivity contribution in [2.75, 3.05) is 6.16 Å². The van der Waals surface area contributed by atoms with Gasteiger partial charge < -0.3 is 9.79 Å². The molecule has 0 aliphatic rings. The van der Waals surface area contributed by atoms with Crippen LogP contribution in [0.3, 0.4) is 0 Å². The molecule has 0 spiro atoms. The second-order valence-electron chi connectivity index (χ2n) is 4.86. The van der Waals surface area contributed by atoms with Gasteiger partial charge in [-0.3, -0.25) is 14.2 Å². The summed E-state index contributed by atoms with van der Waals surface area (Å²) >= 11 is 2.37. The minimum atomic E-state index is -4.04. The molecule has 0 aliphatic carbocycles. The maximum Gasteiger partial charge on any atom is 0.325 e. The Morgan fingerprint density at radius 1 is 0.955 bits per heavy atom. The van der Waals surface area contributed by atoms with Crippen molar-refractivity contribution in [1.82, 2.24) is 0 Å². The largest absolute Gasteiger partial charge is 0.325 e. The van der Waals surface area contributed by atoms with E-state index in [1.54, 1.807) is 0 Å². The second-order valence-corrected chi connectivity index (χ2v) is 8.94. The van der Waals surface area contributed by atoms with Gasteiger partial charge in [0.05, 0.1) is 6.16 Å². The smallest absolute Gasteiger partial charge is 0.324 e. The molecule has 0 saturated heterocycles. The van der Waals surface area contributed by atoms with Crippen LogP contribution in [0.2, 0.25) is 0 Å². The van der Waals surface area contributed by atoms with Crippen LogP contribution in [0.25, 0.3) is 0 Å². The molecule has 122 valence electrons. The Hall–Kier alpha value is -0.590. The van der Waals surface area contributed by atoms with Crippen LogP contribution in [0.15, 0.2) is 18.2 Å². The molecule has 0 aliphatic heterocycles. The van der Waals surface area contributed by atoms with E-state index in [9.17, 15) is 14.2 Å². The number of hydrogen-bond donors (Lipinski definition) is 2. The summed E-state index contributed by atoms with van der Waals surface area (Å²) in [6.07, 6.45) is 0.0518. The fourth-order valence-corrected chi connectivity index (χ4v) is 3.42. The summed E-state index contributed by atoms with van der Waals surface area (Å²) in [5, 5.41) is 0.0283. The zero-order chi connectivity index (χ0) is 16.8. The van der Waals surface area contributed by atoms with Crippen LogP contribution in [-0.2, 0) is 32.1 Å². The summed E-state index contributed by atoms with van der Waals surface area (Å²) < 4.78 is 11.0. The second kappa shape index (κ2) is 8.89. The molecule has 1 aromatic carbocycles. The molecule has 0 atom stereocenters. The van der Waals surface area contributed by atoms with Crippen LogP contribution in [0, 0.1) is 0 Å². The van der Waals surface area contributed by atoms with Gasteiger partial charge in [0.1, 0.15) is 0 Å². The first kappa shape index (κ1) is 19.5. The molecule has 1 aromatic rings. The number of carbonyl (C=O) groups excluding carboxylic acids is 2. The Balaban J connectivity index is 2.90. The highest BCUT2D eigenvalue weighted by Crippen LogP contribution is 2.35. The van der Waals surface area contributed by atoms with Crippen molar-refractivity contribution in [3.05, 3.63) is 34.9 Å². The Morgan fingerprint density at radius 2 is 1.36 bits per heavy atom. The van der Waals surface area contributed by atoms with E-state index in [4.69, 9.17) is 9.79 Å². The van der Waals surface area contributed by atoms with Crippen LogP contribution in [0.4, 0.5) is 0 Å². The van der Waals surface area contributed by atoms with Crippen LogP contribution >= 0.6 is 31.1 Å². The highest BCUT2D eigenvalue weighted by Gasteiger charge is 2.13. The molecule has 0 bridgehead atoms. The Kier molecular flexibility index (Phi) is 7.86. The van der Waals surface area contributed by atoms with Gasteiger partial charge in [-0.1, -0.05) is 41.7 Å². The van der Waals surface area contributed by atoms with Crippen molar-refractivity contribution in [3.8, 4) is 0 Å². The van der Waals surface area contributed by atoms with Crippen LogP contribution < -0.4 is 0 Å². The predicted molar refractivity (Wildman–Crippen MR) is 91.0 cm³/mol. The van der Waals surface area contributed by atoms with Crippen LogP contribution in [0.1, 0.15) is 30.5 Å². The average molecular weight is 362 g/mol. The third-order valence-corrected chi connectivity index (χ3v) is 5.26. The van der Waals surface area contributed by atoms with Gasteiger partial charge in [-0.2, -0.15) is 0 Å². The van der Waals surface area contributed by atoms with Crippen molar-refractivity contribution in [3.63, 3.8) is 0 Å². The zero-order valence-corrected chi connectivity index (χ0v) is 15.0. The number of rotatable bonds is 7. The van der Waals surface area contributed by atoms with Crippen LogP contribution in [-0.4, -0.2) is 26.2 Å². The highest BCUT2D eigenvalue weighted by atomic mass is 32.2. The lowest BCUT2D eigenvalue weighted by Gasteiger charge is -2.10. The van der Waals surface area contributed by atoms with E-state index in [1.807, 2.05) is 18.2 Å². The zero-order valence-electron chi connectivity index (χ0n) is 12.4. The molecule has 0 amide bonds. The summed E-state index contributed by atoms with van der Waals surface area (Å²) in [5.41, 5.74) is 2.65. The molecule has 5 nitrogen and oxygen atoms in total. The van der Waals surface area contributed by atoms with E-state index >= 15 is 0 Å². The van der Waals surface area contributed by atoms with Gasteiger partial charge in [0.25, 0.3) is 0 Å². The standard InChI is InChI=1S/C14H19O5PS2/c1-10(15)21-8-13-5-12(3-4-20(17,18)19)6-14(7-13)9-22-11(2)16/h5-7H,3-4,8-9H2,1-2H3,(H2,17,18,19). The first-order valence-electron chi connectivity index (χ1n) is 6.59.